The number of phenols is 1. The first-order valence-electron chi connectivity index (χ1n) is 7.94. The Morgan fingerprint density at radius 2 is 1.87 bits per heavy atom. The maximum Gasteiger partial charge on any atom is 0.311 e. The van der Waals surface area contributed by atoms with E-state index in [1.165, 1.54) is 0 Å². The van der Waals surface area contributed by atoms with Crippen molar-refractivity contribution < 1.29 is 14.6 Å². The Morgan fingerprint density at radius 1 is 1.13 bits per heavy atom. The van der Waals surface area contributed by atoms with E-state index < -0.39 is 0 Å². The molecule has 2 unspecified atom stereocenters. The van der Waals surface area contributed by atoms with Crippen LogP contribution in [0.3, 0.4) is 0 Å². The van der Waals surface area contributed by atoms with E-state index in [-0.39, 0.29) is 23.6 Å². The predicted molar refractivity (Wildman–Crippen MR) is 88.1 cm³/mol. The van der Waals surface area contributed by atoms with Gasteiger partial charge in [-0.25, -0.2) is 0 Å². The molecule has 1 fully saturated rings. The predicted octanol–water partition coefficient (Wildman–Crippen LogP) is 2.83. The summed E-state index contributed by atoms with van der Waals surface area (Å²) in [6.45, 7) is 1.81. The highest BCUT2D eigenvalue weighted by molar-refractivity contribution is 5.74. The van der Waals surface area contributed by atoms with E-state index in [1.54, 1.807) is 12.1 Å². The Kier molecular flexibility index (Phi) is 4.93. The number of nitrogens with one attached hydrogen (secondary N) is 1. The molecule has 1 saturated heterocycles. The summed E-state index contributed by atoms with van der Waals surface area (Å²) in [5, 5.41) is 12.7. The van der Waals surface area contributed by atoms with Gasteiger partial charge in [-0.2, -0.15) is 0 Å². The van der Waals surface area contributed by atoms with Crippen molar-refractivity contribution in [2.24, 2.45) is 5.92 Å². The van der Waals surface area contributed by atoms with Crippen molar-refractivity contribution in [2.75, 3.05) is 13.1 Å². The van der Waals surface area contributed by atoms with Crippen LogP contribution in [0.2, 0.25) is 0 Å². The lowest BCUT2D eigenvalue weighted by molar-refractivity contribution is -0.151. The fraction of sp³-hybridized carbons (Fsp3) is 0.316. The summed E-state index contributed by atoms with van der Waals surface area (Å²) in [5.41, 5.74) is 2.07. The lowest BCUT2D eigenvalue weighted by Gasteiger charge is -2.31. The summed E-state index contributed by atoms with van der Waals surface area (Å²) in [7, 11) is 0. The van der Waals surface area contributed by atoms with Gasteiger partial charge in [0.2, 0.25) is 0 Å². The maximum atomic E-state index is 12.5. The maximum absolute atomic E-state index is 12.5. The van der Waals surface area contributed by atoms with E-state index in [4.69, 9.17) is 4.74 Å². The van der Waals surface area contributed by atoms with Crippen molar-refractivity contribution in [2.45, 2.75) is 18.9 Å². The van der Waals surface area contributed by atoms with Gasteiger partial charge in [0.15, 0.2) is 0 Å². The SMILES string of the molecule is O=C(OCc1ccccc1)C1CNCCC1c1ccc(O)cc1. The highest BCUT2D eigenvalue weighted by atomic mass is 16.5. The smallest absolute Gasteiger partial charge is 0.311 e. The zero-order valence-corrected chi connectivity index (χ0v) is 12.9. The number of benzene rings is 2. The number of rotatable bonds is 4. The van der Waals surface area contributed by atoms with E-state index in [0.29, 0.717) is 13.2 Å². The number of carbonyl (C=O) groups is 1. The average molecular weight is 311 g/mol. The van der Waals surface area contributed by atoms with E-state index in [2.05, 4.69) is 5.32 Å². The van der Waals surface area contributed by atoms with Crippen LogP contribution in [0.15, 0.2) is 54.6 Å². The Morgan fingerprint density at radius 3 is 2.61 bits per heavy atom. The van der Waals surface area contributed by atoms with Crippen LogP contribution in [-0.4, -0.2) is 24.2 Å². The zero-order chi connectivity index (χ0) is 16.1. The molecule has 1 aliphatic heterocycles. The number of esters is 1. The van der Waals surface area contributed by atoms with Crippen LogP contribution in [-0.2, 0) is 16.1 Å². The van der Waals surface area contributed by atoms with Crippen molar-refractivity contribution in [3.63, 3.8) is 0 Å². The van der Waals surface area contributed by atoms with E-state index in [0.717, 1.165) is 24.1 Å². The molecule has 1 aliphatic rings. The van der Waals surface area contributed by atoms with E-state index in [9.17, 15) is 9.90 Å². The molecule has 2 N–H and O–H groups in total. The minimum atomic E-state index is -0.197. The number of piperidine rings is 1. The quantitative estimate of drug-likeness (QED) is 0.853. The molecule has 4 heteroatoms. The molecule has 0 amide bonds. The number of ether oxygens (including phenoxy) is 1. The highest BCUT2D eigenvalue weighted by Crippen LogP contribution is 2.32. The monoisotopic (exact) mass is 311 g/mol. The summed E-state index contributed by atoms with van der Waals surface area (Å²) >= 11 is 0. The Labute approximate surface area is 136 Å². The van der Waals surface area contributed by atoms with Crippen molar-refractivity contribution in [3.8, 4) is 5.75 Å². The number of hydrogen-bond acceptors (Lipinski definition) is 4. The van der Waals surface area contributed by atoms with Crippen LogP contribution < -0.4 is 5.32 Å². The van der Waals surface area contributed by atoms with Gasteiger partial charge in [0.1, 0.15) is 12.4 Å². The van der Waals surface area contributed by atoms with Gasteiger partial charge >= 0.3 is 5.97 Å². The van der Waals surface area contributed by atoms with Crippen LogP contribution in [0.5, 0.6) is 5.75 Å². The first kappa shape index (κ1) is 15.6. The van der Waals surface area contributed by atoms with Gasteiger partial charge in [0.25, 0.3) is 0 Å². The van der Waals surface area contributed by atoms with Gasteiger partial charge in [-0.15, -0.1) is 0 Å². The van der Waals surface area contributed by atoms with Gasteiger partial charge in [-0.3, -0.25) is 4.79 Å². The molecule has 4 nitrogen and oxygen atoms in total. The second kappa shape index (κ2) is 7.29. The minimum absolute atomic E-state index is 0.125. The molecule has 23 heavy (non-hydrogen) atoms. The number of hydrogen-bond donors (Lipinski definition) is 2. The number of aromatic hydroxyl groups is 1. The molecule has 0 spiro atoms. The third-order valence-electron chi connectivity index (χ3n) is 4.33. The van der Waals surface area contributed by atoms with Crippen molar-refractivity contribution in [3.05, 3.63) is 65.7 Å². The fourth-order valence-electron chi connectivity index (χ4n) is 3.06. The summed E-state index contributed by atoms with van der Waals surface area (Å²) in [6.07, 6.45) is 0.885. The molecule has 0 aromatic heterocycles. The summed E-state index contributed by atoms with van der Waals surface area (Å²) < 4.78 is 5.51. The molecule has 120 valence electrons. The van der Waals surface area contributed by atoms with Crippen molar-refractivity contribution >= 4 is 5.97 Å². The molecule has 2 aromatic carbocycles. The molecule has 0 aliphatic carbocycles. The van der Waals surface area contributed by atoms with E-state index >= 15 is 0 Å². The zero-order valence-electron chi connectivity index (χ0n) is 12.9. The molecule has 1 heterocycles. The van der Waals surface area contributed by atoms with Gasteiger partial charge in [0, 0.05) is 6.54 Å². The summed E-state index contributed by atoms with van der Waals surface area (Å²) in [6, 6.07) is 16.8. The highest BCUT2D eigenvalue weighted by Gasteiger charge is 2.33. The Balaban J connectivity index is 1.68. The minimum Gasteiger partial charge on any atom is -0.508 e. The topological polar surface area (TPSA) is 58.6 Å². The molecule has 3 rings (SSSR count). The third kappa shape index (κ3) is 3.90. The largest absolute Gasteiger partial charge is 0.508 e. The van der Waals surface area contributed by atoms with Gasteiger partial charge < -0.3 is 15.2 Å². The molecule has 0 radical (unpaired) electrons. The first-order valence-corrected chi connectivity index (χ1v) is 7.94. The second-order valence-corrected chi connectivity index (χ2v) is 5.89. The van der Waals surface area contributed by atoms with E-state index in [1.807, 2.05) is 42.5 Å². The standard InChI is InChI=1S/C19H21NO3/c21-16-8-6-15(7-9-16)17-10-11-20-12-18(17)19(22)23-13-14-4-2-1-3-5-14/h1-9,17-18,20-21H,10-13H2. The molecular formula is C19H21NO3. The average Bonchev–Trinajstić information content (AvgIpc) is 2.61. The second-order valence-electron chi connectivity index (χ2n) is 5.89. The van der Waals surface area contributed by atoms with Gasteiger partial charge in [-0.1, -0.05) is 42.5 Å². The summed E-state index contributed by atoms with van der Waals surface area (Å²) in [4.78, 5) is 12.5. The molecule has 2 atom stereocenters. The molecular weight excluding hydrogens is 290 g/mol. The van der Waals surface area contributed by atoms with Crippen LogP contribution >= 0.6 is 0 Å². The van der Waals surface area contributed by atoms with Crippen molar-refractivity contribution in [1.29, 1.82) is 0 Å². The Bertz CT molecular complexity index is 639. The summed E-state index contributed by atoms with van der Waals surface area (Å²) in [5.74, 6) is 0.00199. The normalized spacial score (nSPS) is 20.9. The van der Waals surface area contributed by atoms with Gasteiger partial charge in [-0.05, 0) is 42.1 Å². The molecule has 0 bridgehead atoms. The third-order valence-corrected chi connectivity index (χ3v) is 4.33. The van der Waals surface area contributed by atoms with Gasteiger partial charge in [0.05, 0.1) is 5.92 Å². The number of phenolic OH excluding ortho intramolecular Hbond substituents is 1. The van der Waals surface area contributed by atoms with Crippen LogP contribution in [0, 0.1) is 5.92 Å². The number of carbonyl (C=O) groups excluding carboxylic acids is 1. The van der Waals surface area contributed by atoms with Crippen LogP contribution in [0.1, 0.15) is 23.5 Å². The van der Waals surface area contributed by atoms with Crippen molar-refractivity contribution in [1.82, 2.24) is 5.32 Å². The lowest BCUT2D eigenvalue weighted by atomic mass is 9.81. The fourth-order valence-corrected chi connectivity index (χ4v) is 3.06. The van der Waals surface area contributed by atoms with Crippen LogP contribution in [0.25, 0.3) is 0 Å². The molecule has 0 saturated carbocycles. The molecule has 2 aromatic rings. The first-order chi connectivity index (χ1) is 11.2. The Hall–Kier alpha value is -2.33. The lowest BCUT2D eigenvalue weighted by Crippen LogP contribution is -2.40. The van der Waals surface area contributed by atoms with Crippen LogP contribution in [0.4, 0.5) is 0 Å².